The number of hydrogen-bond acceptors (Lipinski definition) is 5. The summed E-state index contributed by atoms with van der Waals surface area (Å²) in [6.07, 6.45) is 5.85. The number of rotatable bonds is 4. The van der Waals surface area contributed by atoms with Gasteiger partial charge in [0, 0.05) is 12.2 Å². The highest BCUT2D eigenvalue weighted by atomic mass is 32.2. The second-order valence-corrected chi connectivity index (χ2v) is 4.37. The molecule has 5 heteroatoms. The van der Waals surface area contributed by atoms with Crippen LogP contribution in [0.5, 0.6) is 0 Å². The maximum absolute atomic E-state index is 11.3. The molecule has 80 valence electrons. The molecule has 0 amide bonds. The van der Waals surface area contributed by atoms with E-state index in [2.05, 4.69) is 15.3 Å². The molecule has 0 aromatic carbocycles. The zero-order valence-electron chi connectivity index (χ0n) is 8.78. The van der Waals surface area contributed by atoms with E-state index in [1.165, 1.54) is 18.7 Å². The molecule has 0 bridgehead atoms. The van der Waals surface area contributed by atoms with Gasteiger partial charge in [0.15, 0.2) is 10.9 Å². The topological polar surface area (TPSA) is 54.9 Å². The van der Waals surface area contributed by atoms with E-state index >= 15 is 0 Å². The molecule has 1 aliphatic rings. The van der Waals surface area contributed by atoms with Crippen molar-refractivity contribution in [3.63, 3.8) is 0 Å². The van der Waals surface area contributed by atoms with Crippen molar-refractivity contribution < 1.29 is 4.79 Å². The highest BCUT2D eigenvalue weighted by Gasteiger charge is 2.23. The predicted molar refractivity (Wildman–Crippen MR) is 60.5 cm³/mol. The number of thioether (sulfide) groups is 1. The van der Waals surface area contributed by atoms with E-state index in [1.54, 1.807) is 6.20 Å². The molecule has 0 atom stereocenters. The van der Waals surface area contributed by atoms with Crippen molar-refractivity contribution >= 4 is 23.4 Å². The third kappa shape index (κ3) is 2.47. The average molecular weight is 223 g/mol. The Kier molecular flexibility index (Phi) is 2.90. The van der Waals surface area contributed by atoms with E-state index < -0.39 is 0 Å². The van der Waals surface area contributed by atoms with Crippen LogP contribution in [-0.2, 0) is 0 Å². The zero-order chi connectivity index (χ0) is 10.8. The van der Waals surface area contributed by atoms with Crippen LogP contribution in [0.2, 0.25) is 0 Å². The normalized spacial score (nSPS) is 15.1. The van der Waals surface area contributed by atoms with Gasteiger partial charge < -0.3 is 5.32 Å². The fraction of sp³-hybridized carbons (Fsp3) is 0.500. The van der Waals surface area contributed by atoms with Crippen molar-refractivity contribution in [1.82, 2.24) is 9.97 Å². The second kappa shape index (κ2) is 4.18. The fourth-order valence-corrected chi connectivity index (χ4v) is 1.59. The van der Waals surface area contributed by atoms with Crippen LogP contribution in [0.3, 0.4) is 0 Å². The summed E-state index contributed by atoms with van der Waals surface area (Å²) >= 11 is 1.48. The van der Waals surface area contributed by atoms with Gasteiger partial charge in [-0.15, -0.1) is 0 Å². The van der Waals surface area contributed by atoms with Gasteiger partial charge in [-0.3, -0.25) is 4.79 Å². The first-order valence-electron chi connectivity index (χ1n) is 4.89. The molecular weight excluding hydrogens is 210 g/mol. The standard InChI is InChI=1S/C10H13N3OS/c1-6(14)8-5-11-10(15-2)13-9(8)12-7-3-4-7/h5,7H,3-4H2,1-2H3,(H,11,12,13). The van der Waals surface area contributed by atoms with E-state index in [-0.39, 0.29) is 5.78 Å². The molecule has 0 unspecified atom stereocenters. The van der Waals surface area contributed by atoms with Gasteiger partial charge in [0.05, 0.1) is 5.56 Å². The molecule has 1 saturated carbocycles. The minimum atomic E-state index is 0.00537. The Morgan fingerprint density at radius 2 is 2.33 bits per heavy atom. The maximum atomic E-state index is 11.3. The van der Waals surface area contributed by atoms with Crippen LogP contribution in [0.15, 0.2) is 11.4 Å². The molecule has 1 fully saturated rings. The molecular formula is C10H13N3OS. The van der Waals surface area contributed by atoms with Crippen LogP contribution in [0.4, 0.5) is 5.82 Å². The smallest absolute Gasteiger partial charge is 0.189 e. The fourth-order valence-electron chi connectivity index (χ4n) is 1.25. The summed E-state index contributed by atoms with van der Waals surface area (Å²) in [4.78, 5) is 19.8. The third-order valence-corrected chi connectivity index (χ3v) is 2.81. The van der Waals surface area contributed by atoms with Gasteiger partial charge in [0.1, 0.15) is 5.82 Å². The van der Waals surface area contributed by atoms with Crippen molar-refractivity contribution in [1.29, 1.82) is 0 Å². The van der Waals surface area contributed by atoms with Crippen molar-refractivity contribution in [2.24, 2.45) is 0 Å². The summed E-state index contributed by atoms with van der Waals surface area (Å²) in [6, 6.07) is 0.493. The summed E-state index contributed by atoms with van der Waals surface area (Å²) < 4.78 is 0. The van der Waals surface area contributed by atoms with Crippen LogP contribution in [-0.4, -0.2) is 28.0 Å². The van der Waals surface area contributed by atoms with Crippen molar-refractivity contribution in [3.8, 4) is 0 Å². The molecule has 1 heterocycles. The Morgan fingerprint density at radius 1 is 1.60 bits per heavy atom. The number of nitrogens with zero attached hydrogens (tertiary/aromatic N) is 2. The molecule has 2 rings (SSSR count). The van der Waals surface area contributed by atoms with E-state index in [0.717, 1.165) is 12.8 Å². The Hall–Kier alpha value is -1.10. The van der Waals surface area contributed by atoms with Crippen molar-refractivity contribution in [3.05, 3.63) is 11.8 Å². The van der Waals surface area contributed by atoms with Crippen LogP contribution in [0, 0.1) is 0 Å². The molecule has 4 nitrogen and oxygen atoms in total. The summed E-state index contributed by atoms with van der Waals surface area (Å²) in [6.45, 7) is 1.54. The molecule has 0 saturated heterocycles. The Bertz CT molecular complexity index is 390. The lowest BCUT2D eigenvalue weighted by atomic mass is 10.2. The lowest BCUT2D eigenvalue weighted by Gasteiger charge is -2.08. The van der Waals surface area contributed by atoms with Gasteiger partial charge >= 0.3 is 0 Å². The van der Waals surface area contributed by atoms with E-state index in [4.69, 9.17) is 0 Å². The Morgan fingerprint density at radius 3 is 2.87 bits per heavy atom. The van der Waals surface area contributed by atoms with Gasteiger partial charge in [-0.25, -0.2) is 9.97 Å². The lowest BCUT2D eigenvalue weighted by Crippen LogP contribution is -2.10. The number of hydrogen-bond donors (Lipinski definition) is 1. The number of aromatic nitrogens is 2. The van der Waals surface area contributed by atoms with E-state index in [1.807, 2.05) is 6.26 Å². The minimum absolute atomic E-state index is 0.00537. The quantitative estimate of drug-likeness (QED) is 0.480. The molecule has 1 N–H and O–H groups in total. The van der Waals surface area contributed by atoms with Gasteiger partial charge in [-0.2, -0.15) is 0 Å². The van der Waals surface area contributed by atoms with E-state index in [0.29, 0.717) is 22.6 Å². The third-order valence-electron chi connectivity index (χ3n) is 2.25. The molecule has 1 aliphatic carbocycles. The maximum Gasteiger partial charge on any atom is 0.189 e. The predicted octanol–water partition coefficient (Wildman–Crippen LogP) is 1.98. The largest absolute Gasteiger partial charge is 0.367 e. The summed E-state index contributed by atoms with van der Waals surface area (Å²) in [7, 11) is 0. The Labute approximate surface area is 92.9 Å². The van der Waals surface area contributed by atoms with Crippen LogP contribution in [0.1, 0.15) is 30.1 Å². The number of carbonyl (C=O) groups excluding carboxylic acids is 1. The number of anilines is 1. The van der Waals surface area contributed by atoms with Gasteiger partial charge in [0.25, 0.3) is 0 Å². The van der Waals surface area contributed by atoms with Crippen LogP contribution >= 0.6 is 11.8 Å². The number of ketones is 1. The average Bonchev–Trinajstić information content (AvgIpc) is 3.01. The lowest BCUT2D eigenvalue weighted by molar-refractivity contribution is 0.101. The Balaban J connectivity index is 2.30. The van der Waals surface area contributed by atoms with Crippen molar-refractivity contribution in [2.75, 3.05) is 11.6 Å². The molecule has 0 spiro atoms. The monoisotopic (exact) mass is 223 g/mol. The van der Waals surface area contributed by atoms with Gasteiger partial charge in [-0.05, 0) is 26.0 Å². The summed E-state index contributed by atoms with van der Waals surface area (Å²) in [5.41, 5.74) is 0.583. The van der Waals surface area contributed by atoms with Gasteiger partial charge in [-0.1, -0.05) is 11.8 Å². The van der Waals surface area contributed by atoms with Crippen molar-refractivity contribution in [2.45, 2.75) is 31.0 Å². The molecule has 0 aliphatic heterocycles. The SMILES string of the molecule is CSc1ncc(C(C)=O)c(NC2CC2)n1. The van der Waals surface area contributed by atoms with Crippen LogP contribution < -0.4 is 5.32 Å². The molecule has 0 radical (unpaired) electrons. The number of carbonyl (C=O) groups is 1. The van der Waals surface area contributed by atoms with Crippen LogP contribution in [0.25, 0.3) is 0 Å². The first-order chi connectivity index (χ1) is 7.20. The minimum Gasteiger partial charge on any atom is -0.367 e. The summed E-state index contributed by atoms with van der Waals surface area (Å²) in [5.74, 6) is 0.690. The number of Topliss-reactive ketones (excluding diaryl/α,β-unsaturated/α-hetero) is 1. The summed E-state index contributed by atoms with van der Waals surface area (Å²) in [5, 5.41) is 3.95. The first-order valence-corrected chi connectivity index (χ1v) is 6.11. The molecule has 15 heavy (non-hydrogen) atoms. The first kappa shape index (κ1) is 10.4. The highest BCUT2D eigenvalue weighted by molar-refractivity contribution is 7.98. The van der Waals surface area contributed by atoms with Gasteiger partial charge in [0.2, 0.25) is 0 Å². The molecule has 1 aromatic rings. The zero-order valence-corrected chi connectivity index (χ0v) is 9.60. The molecule has 1 aromatic heterocycles. The second-order valence-electron chi connectivity index (χ2n) is 3.59. The number of nitrogens with one attached hydrogen (secondary N) is 1. The highest BCUT2D eigenvalue weighted by Crippen LogP contribution is 2.26. The van der Waals surface area contributed by atoms with E-state index in [9.17, 15) is 4.79 Å².